The summed E-state index contributed by atoms with van der Waals surface area (Å²) >= 11 is 0. The van der Waals surface area contributed by atoms with Crippen molar-refractivity contribution in [1.29, 1.82) is 0 Å². The van der Waals surface area contributed by atoms with Gasteiger partial charge >= 0.3 is 0 Å². The van der Waals surface area contributed by atoms with Gasteiger partial charge < -0.3 is 20.5 Å². The summed E-state index contributed by atoms with van der Waals surface area (Å²) < 4.78 is 10.5. The lowest BCUT2D eigenvalue weighted by Gasteiger charge is -2.22. The van der Waals surface area contributed by atoms with Crippen molar-refractivity contribution in [1.82, 2.24) is 5.32 Å². The molecular formula is C14H20N2O3. The number of nitrogens with two attached hydrogens (primary N) is 1. The second kappa shape index (κ2) is 7.23. The molecule has 1 aliphatic rings. The summed E-state index contributed by atoms with van der Waals surface area (Å²) in [5.41, 5.74) is 7.13. The third kappa shape index (κ3) is 4.31. The minimum absolute atomic E-state index is 0.0648. The van der Waals surface area contributed by atoms with Gasteiger partial charge in [-0.15, -0.1) is 0 Å². The van der Waals surface area contributed by atoms with Gasteiger partial charge in [0.05, 0.1) is 19.8 Å². The highest BCUT2D eigenvalue weighted by Crippen LogP contribution is 2.12. The second-order valence-electron chi connectivity index (χ2n) is 4.53. The van der Waals surface area contributed by atoms with Crippen LogP contribution in [0, 0.1) is 0 Å². The second-order valence-corrected chi connectivity index (χ2v) is 4.53. The largest absolute Gasteiger partial charge is 0.376 e. The van der Waals surface area contributed by atoms with E-state index in [1.807, 2.05) is 30.3 Å². The monoisotopic (exact) mass is 264 g/mol. The maximum Gasteiger partial charge on any atom is 0.251 e. The van der Waals surface area contributed by atoms with E-state index in [2.05, 4.69) is 5.32 Å². The Balaban J connectivity index is 1.69. The maximum absolute atomic E-state index is 11.8. The Kier molecular flexibility index (Phi) is 5.32. The van der Waals surface area contributed by atoms with Crippen LogP contribution in [-0.2, 0) is 14.3 Å². The molecule has 0 aromatic heterocycles. The predicted molar refractivity (Wildman–Crippen MR) is 71.6 cm³/mol. The molecule has 1 fully saturated rings. The summed E-state index contributed by atoms with van der Waals surface area (Å²) in [5, 5.41) is 2.83. The Morgan fingerprint density at radius 2 is 2.16 bits per heavy atom. The van der Waals surface area contributed by atoms with Gasteiger partial charge in [-0.25, -0.2) is 0 Å². The molecule has 2 rings (SSSR count). The summed E-state index contributed by atoms with van der Waals surface area (Å²) in [6.45, 7) is 1.90. The molecule has 1 heterocycles. The van der Waals surface area contributed by atoms with E-state index in [4.69, 9.17) is 15.2 Å². The van der Waals surface area contributed by atoms with E-state index in [0.29, 0.717) is 32.8 Å². The summed E-state index contributed by atoms with van der Waals surface area (Å²) in [7, 11) is 0. The molecule has 0 saturated carbocycles. The van der Waals surface area contributed by atoms with Crippen molar-refractivity contribution in [3.05, 3.63) is 35.9 Å². The number of benzene rings is 1. The zero-order valence-corrected chi connectivity index (χ0v) is 10.9. The Labute approximate surface area is 113 Å². The molecule has 3 N–H and O–H groups in total. The number of hydrogen-bond donors (Lipinski definition) is 2. The number of rotatable bonds is 5. The quantitative estimate of drug-likeness (QED) is 0.817. The zero-order valence-electron chi connectivity index (χ0n) is 10.9. The van der Waals surface area contributed by atoms with Gasteiger partial charge in [0.1, 0.15) is 0 Å². The first-order chi connectivity index (χ1) is 9.27. The summed E-state index contributed by atoms with van der Waals surface area (Å²) in [5.74, 6) is -0.125. The highest BCUT2D eigenvalue weighted by molar-refractivity contribution is 5.80. The fourth-order valence-corrected chi connectivity index (χ4v) is 1.97. The smallest absolute Gasteiger partial charge is 0.251 e. The molecule has 1 saturated heterocycles. The number of carbonyl (C=O) groups excluding carboxylic acids is 1. The normalized spacial score (nSPS) is 20.8. The standard InChI is InChI=1S/C14H20N2O3/c15-12(11-4-2-1-3-5-11)6-7-16-14(17)13-10-18-8-9-19-13/h1-5,12-13H,6-10,15H2,(H,16,17). The van der Waals surface area contributed by atoms with Crippen LogP contribution in [0.1, 0.15) is 18.0 Å². The molecule has 19 heavy (non-hydrogen) atoms. The number of amides is 1. The maximum atomic E-state index is 11.8. The molecule has 1 aromatic carbocycles. The fraction of sp³-hybridized carbons (Fsp3) is 0.500. The molecule has 0 spiro atoms. The zero-order chi connectivity index (χ0) is 13.5. The van der Waals surface area contributed by atoms with Crippen LogP contribution >= 0.6 is 0 Å². The van der Waals surface area contributed by atoms with Crippen LogP contribution in [-0.4, -0.2) is 38.4 Å². The summed E-state index contributed by atoms with van der Waals surface area (Å²) in [4.78, 5) is 11.8. The van der Waals surface area contributed by atoms with Crippen LogP contribution in [0.3, 0.4) is 0 Å². The highest BCUT2D eigenvalue weighted by Gasteiger charge is 2.22. The van der Waals surface area contributed by atoms with Crippen molar-refractivity contribution in [2.75, 3.05) is 26.4 Å². The van der Waals surface area contributed by atoms with Gasteiger partial charge in [-0.05, 0) is 12.0 Å². The molecule has 0 aliphatic carbocycles. The summed E-state index contributed by atoms with van der Waals surface area (Å²) in [6.07, 6.45) is 0.213. The molecule has 1 aromatic rings. The van der Waals surface area contributed by atoms with Crippen LogP contribution < -0.4 is 11.1 Å². The SMILES string of the molecule is NC(CCNC(=O)C1COCCO1)c1ccccc1. The van der Waals surface area contributed by atoms with E-state index >= 15 is 0 Å². The van der Waals surface area contributed by atoms with Crippen molar-refractivity contribution in [3.8, 4) is 0 Å². The fourth-order valence-electron chi connectivity index (χ4n) is 1.97. The first-order valence-corrected chi connectivity index (χ1v) is 6.55. The number of ether oxygens (including phenoxy) is 2. The van der Waals surface area contributed by atoms with Crippen LogP contribution in [0.4, 0.5) is 0 Å². The molecule has 2 atom stereocenters. The van der Waals surface area contributed by atoms with Crippen LogP contribution in [0.25, 0.3) is 0 Å². The number of nitrogens with one attached hydrogen (secondary N) is 1. The van der Waals surface area contributed by atoms with E-state index in [-0.39, 0.29) is 11.9 Å². The van der Waals surface area contributed by atoms with Crippen LogP contribution in [0.5, 0.6) is 0 Å². The minimum atomic E-state index is -0.485. The van der Waals surface area contributed by atoms with Gasteiger partial charge in [-0.2, -0.15) is 0 Å². The number of hydrogen-bond acceptors (Lipinski definition) is 4. The highest BCUT2D eigenvalue weighted by atomic mass is 16.6. The van der Waals surface area contributed by atoms with E-state index in [1.54, 1.807) is 0 Å². The third-order valence-corrected chi connectivity index (χ3v) is 3.09. The number of carbonyl (C=O) groups is 1. The molecular weight excluding hydrogens is 244 g/mol. The Bertz CT molecular complexity index is 391. The van der Waals surface area contributed by atoms with Gasteiger partial charge in [0.2, 0.25) is 0 Å². The van der Waals surface area contributed by atoms with E-state index < -0.39 is 6.10 Å². The molecule has 1 aliphatic heterocycles. The van der Waals surface area contributed by atoms with Gasteiger partial charge in [-0.1, -0.05) is 30.3 Å². The van der Waals surface area contributed by atoms with Gasteiger partial charge in [0.25, 0.3) is 5.91 Å². The molecule has 5 heteroatoms. The lowest BCUT2D eigenvalue weighted by molar-refractivity contribution is -0.147. The predicted octanol–water partition coefficient (Wildman–Crippen LogP) is 0.608. The van der Waals surface area contributed by atoms with Gasteiger partial charge in [0, 0.05) is 12.6 Å². The van der Waals surface area contributed by atoms with E-state index in [9.17, 15) is 4.79 Å². The van der Waals surface area contributed by atoms with E-state index in [1.165, 1.54) is 0 Å². The first-order valence-electron chi connectivity index (χ1n) is 6.55. The lowest BCUT2D eigenvalue weighted by atomic mass is 10.1. The van der Waals surface area contributed by atoms with Crippen molar-refractivity contribution >= 4 is 5.91 Å². The van der Waals surface area contributed by atoms with Gasteiger partial charge in [-0.3, -0.25) is 4.79 Å². The molecule has 0 radical (unpaired) electrons. The lowest BCUT2D eigenvalue weighted by Crippen LogP contribution is -2.43. The summed E-state index contributed by atoms with van der Waals surface area (Å²) in [6, 6.07) is 9.79. The van der Waals surface area contributed by atoms with Crippen molar-refractivity contribution in [2.24, 2.45) is 5.73 Å². The molecule has 1 amide bonds. The van der Waals surface area contributed by atoms with Gasteiger partial charge in [0.15, 0.2) is 6.10 Å². The Morgan fingerprint density at radius 1 is 1.37 bits per heavy atom. The van der Waals surface area contributed by atoms with Crippen LogP contribution in [0.2, 0.25) is 0 Å². The van der Waals surface area contributed by atoms with Crippen LogP contribution in [0.15, 0.2) is 30.3 Å². The third-order valence-electron chi connectivity index (χ3n) is 3.09. The van der Waals surface area contributed by atoms with E-state index in [0.717, 1.165) is 5.56 Å². The average molecular weight is 264 g/mol. The first kappa shape index (κ1) is 14.0. The van der Waals surface area contributed by atoms with Crippen molar-refractivity contribution in [2.45, 2.75) is 18.6 Å². The van der Waals surface area contributed by atoms with Crippen molar-refractivity contribution < 1.29 is 14.3 Å². The molecule has 104 valence electrons. The Hall–Kier alpha value is -1.43. The minimum Gasteiger partial charge on any atom is -0.376 e. The molecule has 0 bridgehead atoms. The molecule has 5 nitrogen and oxygen atoms in total. The van der Waals surface area contributed by atoms with Crippen molar-refractivity contribution in [3.63, 3.8) is 0 Å². The molecule has 2 unspecified atom stereocenters. The Morgan fingerprint density at radius 3 is 2.84 bits per heavy atom. The topological polar surface area (TPSA) is 73.6 Å². The average Bonchev–Trinajstić information content (AvgIpc) is 2.49.